The Balaban J connectivity index is 1.36. The molecule has 1 heteroatoms. The van der Waals surface area contributed by atoms with E-state index in [1.54, 1.807) is 0 Å². The van der Waals surface area contributed by atoms with E-state index in [0.29, 0.717) is 0 Å². The maximum absolute atomic E-state index is 6.76. The van der Waals surface area contributed by atoms with Crippen molar-refractivity contribution in [1.82, 2.24) is 0 Å². The molecule has 0 N–H and O–H groups in total. The monoisotopic (exact) mass is 576 g/mol. The summed E-state index contributed by atoms with van der Waals surface area (Å²) in [5.41, 5.74) is 11.8. The van der Waals surface area contributed by atoms with Gasteiger partial charge < -0.3 is 4.74 Å². The van der Waals surface area contributed by atoms with Crippen LogP contribution in [0.2, 0.25) is 0 Å². The second kappa shape index (κ2) is 9.55. The molecule has 0 radical (unpaired) electrons. The molecule has 0 saturated heterocycles. The van der Waals surface area contributed by atoms with E-state index in [4.69, 9.17) is 4.74 Å². The first-order valence-electron chi connectivity index (χ1n) is 15.8. The lowest BCUT2D eigenvalue weighted by atomic mass is 9.66. The first-order valence-corrected chi connectivity index (χ1v) is 15.8. The maximum Gasteiger partial charge on any atom is 0.139 e. The van der Waals surface area contributed by atoms with E-state index in [0.717, 1.165) is 22.6 Å². The van der Waals surface area contributed by atoms with Gasteiger partial charge in [-0.3, -0.25) is 0 Å². The molecule has 0 amide bonds. The minimum absolute atomic E-state index is 0.177. The minimum Gasteiger partial charge on any atom is -0.456 e. The standard InChI is InChI=1S/C44H32O/c1-43(2)37-21-11-12-23-40(37)45-42-34(20-13-22-38(42)43)30-25-26-35-36-27-24-29-14-9-10-19-33(29)41(36)44(39(35)28-30,31-15-5-3-6-16-31)32-17-7-4-8-18-32/h3-28H,1-2H3. The normalized spacial score (nSPS) is 15.0. The third kappa shape index (κ3) is 3.56. The summed E-state index contributed by atoms with van der Waals surface area (Å²) in [5, 5.41) is 2.55. The zero-order valence-electron chi connectivity index (χ0n) is 25.4. The summed E-state index contributed by atoms with van der Waals surface area (Å²) in [4.78, 5) is 0. The number of fused-ring (bicyclic) bond motifs is 7. The molecule has 0 saturated carbocycles. The van der Waals surface area contributed by atoms with Crippen molar-refractivity contribution in [3.63, 3.8) is 0 Å². The molecule has 214 valence electrons. The van der Waals surface area contributed by atoms with Crippen molar-refractivity contribution in [3.05, 3.63) is 191 Å². The molecule has 0 aromatic heterocycles. The Bertz CT molecular complexity index is 2220. The van der Waals surface area contributed by atoms with Crippen LogP contribution in [0.3, 0.4) is 0 Å². The molecule has 1 aliphatic carbocycles. The fourth-order valence-electron chi connectivity index (χ4n) is 8.13. The molecule has 45 heavy (non-hydrogen) atoms. The summed E-state index contributed by atoms with van der Waals surface area (Å²) in [6.45, 7) is 4.61. The van der Waals surface area contributed by atoms with E-state index in [2.05, 4.69) is 172 Å². The van der Waals surface area contributed by atoms with Crippen molar-refractivity contribution in [1.29, 1.82) is 0 Å². The zero-order chi connectivity index (χ0) is 30.2. The van der Waals surface area contributed by atoms with Crippen LogP contribution in [0.15, 0.2) is 158 Å². The molecule has 9 rings (SSSR count). The number of rotatable bonds is 3. The predicted molar refractivity (Wildman–Crippen MR) is 185 cm³/mol. The van der Waals surface area contributed by atoms with Crippen LogP contribution >= 0.6 is 0 Å². The third-order valence-corrected chi connectivity index (χ3v) is 10.2. The van der Waals surface area contributed by atoms with E-state index in [9.17, 15) is 0 Å². The number of hydrogen-bond donors (Lipinski definition) is 0. The second-order valence-corrected chi connectivity index (χ2v) is 12.9. The summed E-state index contributed by atoms with van der Waals surface area (Å²) < 4.78 is 6.76. The van der Waals surface area contributed by atoms with Gasteiger partial charge in [0, 0.05) is 22.1 Å². The fraction of sp³-hybridized carbons (Fsp3) is 0.0909. The van der Waals surface area contributed by atoms with Crippen LogP contribution in [0.1, 0.15) is 47.2 Å². The topological polar surface area (TPSA) is 9.23 Å². The largest absolute Gasteiger partial charge is 0.456 e. The molecule has 1 aliphatic heterocycles. The summed E-state index contributed by atoms with van der Waals surface area (Å²) in [5.74, 6) is 1.89. The van der Waals surface area contributed by atoms with E-state index in [1.165, 1.54) is 55.3 Å². The minimum atomic E-state index is -0.494. The van der Waals surface area contributed by atoms with Crippen molar-refractivity contribution >= 4 is 10.8 Å². The molecule has 0 fully saturated rings. The van der Waals surface area contributed by atoms with Crippen molar-refractivity contribution in [2.75, 3.05) is 0 Å². The Morgan fingerprint density at radius 1 is 0.467 bits per heavy atom. The Kier molecular flexibility index (Phi) is 5.53. The van der Waals surface area contributed by atoms with Crippen LogP contribution in [0, 0.1) is 0 Å². The van der Waals surface area contributed by atoms with E-state index in [1.807, 2.05) is 0 Å². The van der Waals surface area contributed by atoms with Gasteiger partial charge in [-0.15, -0.1) is 0 Å². The van der Waals surface area contributed by atoms with Crippen LogP contribution in [0.5, 0.6) is 11.5 Å². The van der Waals surface area contributed by atoms with Gasteiger partial charge in [0.05, 0.1) is 5.41 Å². The Labute approximate surface area is 264 Å². The predicted octanol–water partition coefficient (Wildman–Crippen LogP) is 11.3. The molecule has 1 heterocycles. The summed E-state index contributed by atoms with van der Waals surface area (Å²) in [6, 6.07) is 57.7. The van der Waals surface area contributed by atoms with Gasteiger partial charge in [0.2, 0.25) is 0 Å². The van der Waals surface area contributed by atoms with Gasteiger partial charge in [0.25, 0.3) is 0 Å². The average Bonchev–Trinajstić information content (AvgIpc) is 3.40. The average molecular weight is 577 g/mol. The molecule has 7 aromatic rings. The molecule has 2 aliphatic rings. The molecular weight excluding hydrogens is 544 g/mol. The van der Waals surface area contributed by atoms with Gasteiger partial charge in [-0.05, 0) is 61.8 Å². The lowest BCUT2D eigenvalue weighted by Crippen LogP contribution is -2.29. The quantitative estimate of drug-likeness (QED) is 0.203. The molecule has 0 atom stereocenters. The maximum atomic E-state index is 6.76. The molecule has 1 nitrogen and oxygen atoms in total. The number of para-hydroxylation sites is 2. The summed E-state index contributed by atoms with van der Waals surface area (Å²) in [7, 11) is 0. The number of hydrogen-bond acceptors (Lipinski definition) is 1. The van der Waals surface area contributed by atoms with Gasteiger partial charge in [-0.2, -0.15) is 0 Å². The zero-order valence-corrected chi connectivity index (χ0v) is 25.4. The SMILES string of the molecule is CC1(C)c2ccccc2Oc2c(-c3ccc4c(c3)C(c3ccccc3)(c3ccccc3)c3c-4ccc4ccccc34)cccc21. The van der Waals surface area contributed by atoms with Crippen molar-refractivity contribution in [3.8, 4) is 33.8 Å². The van der Waals surface area contributed by atoms with Crippen molar-refractivity contribution in [2.24, 2.45) is 0 Å². The summed E-state index contributed by atoms with van der Waals surface area (Å²) >= 11 is 0. The molecule has 7 aromatic carbocycles. The summed E-state index contributed by atoms with van der Waals surface area (Å²) in [6.07, 6.45) is 0. The molecule has 0 bridgehead atoms. The van der Waals surface area contributed by atoms with Crippen molar-refractivity contribution < 1.29 is 4.74 Å². The van der Waals surface area contributed by atoms with Crippen LogP contribution in [-0.4, -0.2) is 0 Å². The van der Waals surface area contributed by atoms with Crippen LogP contribution in [-0.2, 0) is 10.8 Å². The van der Waals surface area contributed by atoms with Gasteiger partial charge in [0.1, 0.15) is 11.5 Å². The van der Waals surface area contributed by atoms with E-state index in [-0.39, 0.29) is 5.41 Å². The number of ether oxygens (including phenoxy) is 1. The fourth-order valence-corrected chi connectivity index (χ4v) is 8.13. The highest BCUT2D eigenvalue weighted by molar-refractivity contribution is 6.01. The second-order valence-electron chi connectivity index (χ2n) is 12.9. The van der Waals surface area contributed by atoms with Gasteiger partial charge in [-0.25, -0.2) is 0 Å². The first-order chi connectivity index (χ1) is 22.1. The lowest BCUT2D eigenvalue weighted by Gasteiger charge is -2.36. The Morgan fingerprint density at radius 3 is 1.89 bits per heavy atom. The highest BCUT2D eigenvalue weighted by Crippen LogP contribution is 2.59. The van der Waals surface area contributed by atoms with Crippen molar-refractivity contribution in [2.45, 2.75) is 24.7 Å². The third-order valence-electron chi connectivity index (χ3n) is 10.2. The van der Waals surface area contributed by atoms with Gasteiger partial charge in [-0.1, -0.05) is 159 Å². The van der Waals surface area contributed by atoms with Gasteiger partial charge in [0.15, 0.2) is 0 Å². The highest BCUT2D eigenvalue weighted by Gasteiger charge is 2.47. The van der Waals surface area contributed by atoms with Crippen LogP contribution in [0.4, 0.5) is 0 Å². The number of benzene rings is 7. The Hall–Kier alpha value is -5.40. The van der Waals surface area contributed by atoms with Crippen LogP contribution < -0.4 is 4.74 Å². The van der Waals surface area contributed by atoms with E-state index < -0.39 is 5.41 Å². The van der Waals surface area contributed by atoms with E-state index >= 15 is 0 Å². The smallest absolute Gasteiger partial charge is 0.139 e. The Morgan fingerprint density at radius 2 is 1.11 bits per heavy atom. The van der Waals surface area contributed by atoms with Crippen LogP contribution in [0.25, 0.3) is 33.0 Å². The molecular formula is C44H32O. The lowest BCUT2D eigenvalue weighted by molar-refractivity contribution is 0.419. The van der Waals surface area contributed by atoms with Gasteiger partial charge >= 0.3 is 0 Å². The molecule has 0 spiro atoms. The molecule has 0 unspecified atom stereocenters. The highest BCUT2D eigenvalue weighted by atomic mass is 16.5. The first kappa shape index (κ1) is 26.0.